The molecule has 29 heavy (non-hydrogen) atoms. The zero-order chi connectivity index (χ0) is 20.4. The first kappa shape index (κ1) is 19.8. The second-order valence-corrected chi connectivity index (χ2v) is 8.03. The number of anilines is 2. The molecule has 4 rings (SSSR count). The minimum Gasteiger partial charge on any atom is -0.467 e. The van der Waals surface area contributed by atoms with Crippen molar-refractivity contribution >= 4 is 56.4 Å². The van der Waals surface area contributed by atoms with Crippen molar-refractivity contribution in [1.82, 2.24) is 15.0 Å². The minimum absolute atomic E-state index is 0.228. The van der Waals surface area contributed by atoms with E-state index in [2.05, 4.69) is 15.3 Å². The summed E-state index contributed by atoms with van der Waals surface area (Å²) in [4.78, 5) is 14.2. The average Bonchev–Trinajstić information content (AvgIpc) is 3.14. The standard InChI is InChI=1S/C20H15Cl2FN4OS/c1-28-20-26-18(24-12-7-5-11(10-23)6-8-12)17-19(27-20)29-16(25-17)9-13-14(21)3-2-4-15(13)22/h2-8H,9-10H2,1H3,(H,24,26,27). The maximum atomic E-state index is 12.7. The second kappa shape index (κ2) is 8.49. The topological polar surface area (TPSA) is 59.9 Å². The molecule has 0 amide bonds. The third-order valence-electron chi connectivity index (χ3n) is 4.23. The highest BCUT2D eigenvalue weighted by atomic mass is 35.5. The number of aromatic nitrogens is 3. The monoisotopic (exact) mass is 448 g/mol. The first-order valence-electron chi connectivity index (χ1n) is 8.63. The van der Waals surface area contributed by atoms with Crippen molar-refractivity contribution in [2.24, 2.45) is 0 Å². The lowest BCUT2D eigenvalue weighted by atomic mass is 10.1. The van der Waals surface area contributed by atoms with Gasteiger partial charge < -0.3 is 10.1 Å². The Morgan fingerprint density at radius 3 is 2.41 bits per heavy atom. The predicted molar refractivity (Wildman–Crippen MR) is 116 cm³/mol. The van der Waals surface area contributed by atoms with Crippen LogP contribution in [-0.2, 0) is 13.1 Å². The van der Waals surface area contributed by atoms with E-state index < -0.39 is 6.67 Å². The van der Waals surface area contributed by atoms with Gasteiger partial charge in [0.1, 0.15) is 17.2 Å². The van der Waals surface area contributed by atoms with Gasteiger partial charge in [-0.05, 0) is 35.4 Å². The molecular weight excluding hydrogens is 434 g/mol. The largest absolute Gasteiger partial charge is 0.467 e. The molecule has 2 aromatic carbocycles. The molecule has 0 saturated heterocycles. The molecule has 0 atom stereocenters. The predicted octanol–water partition coefficient (Wildman–Crippen LogP) is 6.21. The molecule has 0 aliphatic heterocycles. The first-order chi connectivity index (χ1) is 14.1. The van der Waals surface area contributed by atoms with Crippen LogP contribution in [0.25, 0.3) is 10.3 Å². The van der Waals surface area contributed by atoms with Gasteiger partial charge in [0.25, 0.3) is 0 Å². The number of hydrogen-bond acceptors (Lipinski definition) is 6. The highest BCUT2D eigenvalue weighted by Gasteiger charge is 2.16. The van der Waals surface area contributed by atoms with E-state index in [0.29, 0.717) is 38.2 Å². The first-order valence-corrected chi connectivity index (χ1v) is 10.2. The summed E-state index contributed by atoms with van der Waals surface area (Å²) < 4.78 is 18.0. The summed E-state index contributed by atoms with van der Waals surface area (Å²) in [7, 11) is 1.51. The zero-order valence-corrected chi connectivity index (χ0v) is 17.6. The molecule has 0 fully saturated rings. The minimum atomic E-state index is -0.508. The SMILES string of the molecule is COc1nc(Nc2ccc(CF)cc2)c2nc(Cc3c(Cl)cccc3Cl)sc2n1. The summed E-state index contributed by atoms with van der Waals surface area (Å²) in [6.07, 6.45) is 0.479. The summed E-state index contributed by atoms with van der Waals surface area (Å²) >= 11 is 14.0. The van der Waals surface area contributed by atoms with E-state index in [4.69, 9.17) is 32.9 Å². The quantitative estimate of drug-likeness (QED) is 0.380. The van der Waals surface area contributed by atoms with Gasteiger partial charge in [-0.25, -0.2) is 9.37 Å². The van der Waals surface area contributed by atoms with E-state index in [0.717, 1.165) is 16.3 Å². The lowest BCUT2D eigenvalue weighted by Gasteiger charge is -2.08. The van der Waals surface area contributed by atoms with Crippen molar-refractivity contribution in [3.63, 3.8) is 0 Å². The third-order valence-corrected chi connectivity index (χ3v) is 5.88. The Balaban J connectivity index is 1.72. The number of nitrogens with zero attached hydrogens (tertiary/aromatic N) is 3. The van der Waals surface area contributed by atoms with Crippen LogP contribution in [0.4, 0.5) is 15.9 Å². The average molecular weight is 449 g/mol. The summed E-state index contributed by atoms with van der Waals surface area (Å²) in [6.45, 7) is -0.508. The Labute approximate surface area is 180 Å². The number of hydrogen-bond donors (Lipinski definition) is 1. The van der Waals surface area contributed by atoms with Crippen LogP contribution in [0, 0.1) is 0 Å². The van der Waals surface area contributed by atoms with Gasteiger partial charge in [-0.15, -0.1) is 0 Å². The lowest BCUT2D eigenvalue weighted by Crippen LogP contribution is -1.99. The van der Waals surface area contributed by atoms with Gasteiger partial charge in [-0.2, -0.15) is 9.97 Å². The molecule has 0 radical (unpaired) electrons. The number of methoxy groups -OCH3 is 1. The van der Waals surface area contributed by atoms with Crippen molar-refractivity contribution in [2.45, 2.75) is 13.1 Å². The summed E-state index contributed by atoms with van der Waals surface area (Å²) in [6, 6.07) is 12.6. The van der Waals surface area contributed by atoms with E-state index in [1.807, 2.05) is 0 Å². The van der Waals surface area contributed by atoms with Gasteiger partial charge in [0.15, 0.2) is 10.6 Å². The van der Waals surface area contributed by atoms with E-state index >= 15 is 0 Å². The van der Waals surface area contributed by atoms with E-state index in [9.17, 15) is 4.39 Å². The number of benzene rings is 2. The molecule has 1 N–H and O–H groups in total. The fourth-order valence-corrected chi connectivity index (χ4v) is 4.24. The van der Waals surface area contributed by atoms with Crippen molar-refractivity contribution in [2.75, 3.05) is 12.4 Å². The van der Waals surface area contributed by atoms with Crippen molar-refractivity contribution < 1.29 is 9.13 Å². The molecule has 0 spiro atoms. The molecule has 2 heterocycles. The molecule has 148 valence electrons. The van der Waals surface area contributed by atoms with Crippen LogP contribution < -0.4 is 10.1 Å². The number of nitrogens with one attached hydrogen (secondary N) is 1. The van der Waals surface area contributed by atoms with Crippen LogP contribution in [0.1, 0.15) is 16.1 Å². The zero-order valence-electron chi connectivity index (χ0n) is 15.2. The second-order valence-electron chi connectivity index (χ2n) is 6.15. The van der Waals surface area contributed by atoms with E-state index in [-0.39, 0.29) is 6.01 Å². The molecule has 0 saturated carbocycles. The van der Waals surface area contributed by atoms with Crippen molar-refractivity contribution in [1.29, 1.82) is 0 Å². The van der Waals surface area contributed by atoms with Crippen LogP contribution in [0.3, 0.4) is 0 Å². The number of alkyl halides is 1. The van der Waals surface area contributed by atoms with E-state index in [1.165, 1.54) is 18.4 Å². The normalized spacial score (nSPS) is 11.0. The Hall–Kier alpha value is -2.48. The lowest BCUT2D eigenvalue weighted by molar-refractivity contribution is 0.382. The molecule has 5 nitrogen and oxygen atoms in total. The summed E-state index contributed by atoms with van der Waals surface area (Å²) in [5.74, 6) is 0.507. The Kier molecular flexibility index (Phi) is 5.80. The van der Waals surface area contributed by atoms with Gasteiger partial charge in [-0.3, -0.25) is 0 Å². The highest BCUT2D eigenvalue weighted by molar-refractivity contribution is 7.18. The molecule has 0 bridgehead atoms. The summed E-state index contributed by atoms with van der Waals surface area (Å²) in [5.41, 5.74) is 2.79. The van der Waals surface area contributed by atoms with Crippen LogP contribution in [0.2, 0.25) is 10.0 Å². The van der Waals surface area contributed by atoms with Crippen LogP contribution in [0.15, 0.2) is 42.5 Å². The van der Waals surface area contributed by atoms with Crippen molar-refractivity contribution in [3.8, 4) is 6.01 Å². The molecule has 0 unspecified atom stereocenters. The fourth-order valence-electron chi connectivity index (χ4n) is 2.77. The van der Waals surface area contributed by atoms with Crippen molar-refractivity contribution in [3.05, 3.63) is 68.6 Å². The van der Waals surface area contributed by atoms with E-state index in [1.54, 1.807) is 42.5 Å². The molecule has 9 heteroatoms. The molecule has 0 aliphatic carbocycles. The van der Waals surface area contributed by atoms with Gasteiger partial charge in [0.05, 0.1) is 7.11 Å². The third kappa shape index (κ3) is 4.27. The Morgan fingerprint density at radius 2 is 1.76 bits per heavy atom. The highest BCUT2D eigenvalue weighted by Crippen LogP contribution is 2.33. The smallest absolute Gasteiger partial charge is 0.319 e. The molecule has 4 aromatic rings. The number of ether oxygens (including phenoxy) is 1. The van der Waals surface area contributed by atoms with Gasteiger partial charge in [-0.1, -0.05) is 52.7 Å². The fraction of sp³-hybridized carbons (Fsp3) is 0.150. The van der Waals surface area contributed by atoms with Crippen LogP contribution in [0.5, 0.6) is 6.01 Å². The van der Waals surface area contributed by atoms with Gasteiger partial charge in [0, 0.05) is 22.2 Å². The maximum absolute atomic E-state index is 12.7. The molecule has 2 aromatic heterocycles. The number of fused-ring (bicyclic) bond motifs is 1. The van der Waals surface area contributed by atoms with Gasteiger partial charge in [0.2, 0.25) is 0 Å². The van der Waals surface area contributed by atoms with Gasteiger partial charge >= 0.3 is 6.01 Å². The van der Waals surface area contributed by atoms with Crippen LogP contribution in [-0.4, -0.2) is 22.1 Å². The molecular formula is C20H15Cl2FN4OS. The molecule has 0 aliphatic rings. The Morgan fingerprint density at radius 1 is 1.03 bits per heavy atom. The number of rotatable bonds is 6. The number of halogens is 3. The Bertz CT molecular complexity index is 1150. The summed E-state index contributed by atoms with van der Waals surface area (Å²) in [5, 5.41) is 5.19. The maximum Gasteiger partial charge on any atom is 0.319 e. The number of thiazole rings is 1. The van der Waals surface area contributed by atoms with Crippen LogP contribution >= 0.6 is 34.5 Å².